The number of rotatable bonds is 2. The topological polar surface area (TPSA) is 15.6 Å². The van der Waals surface area contributed by atoms with E-state index < -0.39 is 0 Å². The lowest BCUT2D eigenvalue weighted by Gasteiger charge is -2.31. The minimum absolute atomic E-state index is 0.0694. The van der Waals surface area contributed by atoms with E-state index in [4.69, 9.17) is 0 Å². The maximum atomic E-state index is 4.13. The summed E-state index contributed by atoms with van der Waals surface area (Å²) in [5, 5.41) is 0. The van der Waals surface area contributed by atoms with Crippen molar-refractivity contribution in [3.8, 4) is 0 Å². The Bertz CT molecular complexity index is 159. The third-order valence-electron chi connectivity index (χ3n) is 1.93. The molecule has 0 amide bonds. The van der Waals surface area contributed by atoms with Crippen LogP contribution in [0.3, 0.4) is 0 Å². The lowest BCUT2D eigenvalue weighted by atomic mass is 10.0. The van der Waals surface area contributed by atoms with Gasteiger partial charge in [0.2, 0.25) is 0 Å². The number of hydrogen-bond acceptors (Lipinski definition) is 2. The summed E-state index contributed by atoms with van der Waals surface area (Å²) in [5.74, 6) is 0. The van der Waals surface area contributed by atoms with Gasteiger partial charge in [-0.25, -0.2) is 0 Å². The van der Waals surface area contributed by atoms with E-state index >= 15 is 0 Å². The molecular weight excluding hydrogens is 124 g/mol. The fourth-order valence-electron chi connectivity index (χ4n) is 0.934. The highest BCUT2D eigenvalue weighted by atomic mass is 15.2. The van der Waals surface area contributed by atoms with Crippen LogP contribution in [0.2, 0.25) is 0 Å². The summed E-state index contributed by atoms with van der Waals surface area (Å²) in [6, 6.07) is 0. The normalized spacial score (nSPS) is 18.0. The third-order valence-corrected chi connectivity index (χ3v) is 1.93. The third kappa shape index (κ3) is 1.20. The molecule has 0 aromatic carbocycles. The van der Waals surface area contributed by atoms with Crippen LogP contribution in [0.4, 0.5) is 0 Å². The average molecular weight is 138 g/mol. The maximum Gasteiger partial charge on any atom is 0.0858 e. The van der Waals surface area contributed by atoms with Crippen molar-refractivity contribution in [1.29, 1.82) is 0 Å². The first kappa shape index (κ1) is 7.32. The zero-order valence-corrected chi connectivity index (χ0v) is 6.67. The van der Waals surface area contributed by atoms with Crippen LogP contribution >= 0.6 is 0 Å². The van der Waals surface area contributed by atoms with Gasteiger partial charge in [0.15, 0.2) is 0 Å². The van der Waals surface area contributed by atoms with Crippen molar-refractivity contribution in [2.45, 2.75) is 19.4 Å². The second-order valence-electron chi connectivity index (χ2n) is 3.07. The van der Waals surface area contributed by atoms with Gasteiger partial charge in [0.25, 0.3) is 0 Å². The quantitative estimate of drug-likeness (QED) is 0.525. The molecule has 1 rings (SSSR count). The summed E-state index contributed by atoms with van der Waals surface area (Å²) in [7, 11) is 0. The fraction of sp³-hybridized carbons (Fsp3) is 0.625. The molecule has 1 aliphatic heterocycles. The van der Waals surface area contributed by atoms with Gasteiger partial charge in [0.1, 0.15) is 0 Å². The molecule has 2 nitrogen and oxygen atoms in total. The molecule has 1 aliphatic rings. The molecule has 0 N–H and O–H groups in total. The van der Waals surface area contributed by atoms with E-state index in [0.717, 1.165) is 13.1 Å². The molecule has 0 unspecified atom stereocenters. The first-order valence-electron chi connectivity index (χ1n) is 3.57. The summed E-state index contributed by atoms with van der Waals surface area (Å²) in [6.45, 7) is 10.0. The number of nitrogens with zero attached hydrogens (tertiary/aromatic N) is 2. The Balaban J connectivity index is 2.62. The Labute approximate surface area is 62.3 Å². The van der Waals surface area contributed by atoms with Gasteiger partial charge < -0.3 is 4.90 Å². The van der Waals surface area contributed by atoms with Gasteiger partial charge in [-0.2, -0.15) is 0 Å². The minimum Gasteiger partial charge on any atom is -0.353 e. The minimum atomic E-state index is 0.0694. The Kier molecular flexibility index (Phi) is 1.79. The van der Waals surface area contributed by atoms with Crippen LogP contribution in [0.5, 0.6) is 0 Å². The van der Waals surface area contributed by atoms with Crippen molar-refractivity contribution in [1.82, 2.24) is 4.90 Å². The summed E-state index contributed by atoms with van der Waals surface area (Å²) in [5.41, 5.74) is 0.0694. The van der Waals surface area contributed by atoms with Gasteiger partial charge in [-0.05, 0) is 13.8 Å². The molecule has 0 saturated carbocycles. The van der Waals surface area contributed by atoms with Gasteiger partial charge in [-0.3, -0.25) is 4.99 Å². The van der Waals surface area contributed by atoms with Crippen LogP contribution in [-0.2, 0) is 0 Å². The van der Waals surface area contributed by atoms with E-state index in [1.807, 2.05) is 12.4 Å². The van der Waals surface area contributed by atoms with Crippen LogP contribution in [0.25, 0.3) is 0 Å². The molecule has 0 fully saturated rings. The van der Waals surface area contributed by atoms with E-state index in [1.54, 1.807) is 0 Å². The highest BCUT2D eigenvalue weighted by Crippen LogP contribution is 2.14. The van der Waals surface area contributed by atoms with E-state index in [9.17, 15) is 0 Å². The standard InChI is InChI=1S/C8H14N2/c1-4-8(2,3)10-6-5-9-7-10/h4,7H,1,5-6H2,2-3H3. The maximum absolute atomic E-state index is 4.13. The van der Waals surface area contributed by atoms with Crippen LogP contribution in [0, 0.1) is 0 Å². The Hall–Kier alpha value is -0.790. The van der Waals surface area contributed by atoms with E-state index in [-0.39, 0.29) is 5.54 Å². The molecule has 0 radical (unpaired) electrons. The number of aliphatic imine (C=N–C) groups is 1. The molecule has 2 heteroatoms. The molecule has 0 saturated heterocycles. The zero-order chi connectivity index (χ0) is 7.61. The summed E-state index contributed by atoms with van der Waals surface area (Å²) >= 11 is 0. The second kappa shape index (κ2) is 2.45. The summed E-state index contributed by atoms with van der Waals surface area (Å²) in [6.07, 6.45) is 3.85. The molecule has 0 atom stereocenters. The number of hydrogen-bond donors (Lipinski definition) is 0. The van der Waals surface area contributed by atoms with Crippen molar-refractivity contribution in [2.24, 2.45) is 4.99 Å². The van der Waals surface area contributed by atoms with Crippen molar-refractivity contribution in [3.63, 3.8) is 0 Å². The van der Waals surface area contributed by atoms with E-state index in [0.29, 0.717) is 0 Å². The highest BCUT2D eigenvalue weighted by Gasteiger charge is 2.21. The van der Waals surface area contributed by atoms with E-state index in [1.165, 1.54) is 0 Å². The second-order valence-corrected chi connectivity index (χ2v) is 3.07. The van der Waals surface area contributed by atoms with Crippen molar-refractivity contribution >= 4 is 6.34 Å². The molecule has 56 valence electrons. The SMILES string of the molecule is C=CC(C)(C)N1C=NCC1. The molecule has 0 aromatic rings. The van der Waals surface area contributed by atoms with Crippen LogP contribution in [-0.4, -0.2) is 29.9 Å². The lowest BCUT2D eigenvalue weighted by Crippen LogP contribution is -2.39. The van der Waals surface area contributed by atoms with Gasteiger partial charge >= 0.3 is 0 Å². The summed E-state index contributed by atoms with van der Waals surface area (Å²) in [4.78, 5) is 6.33. The van der Waals surface area contributed by atoms with Crippen molar-refractivity contribution in [3.05, 3.63) is 12.7 Å². The lowest BCUT2D eigenvalue weighted by molar-refractivity contribution is 0.301. The van der Waals surface area contributed by atoms with Crippen LogP contribution in [0.1, 0.15) is 13.8 Å². The van der Waals surface area contributed by atoms with Gasteiger partial charge in [-0.1, -0.05) is 6.08 Å². The Morgan fingerprint density at radius 3 is 2.80 bits per heavy atom. The molecule has 10 heavy (non-hydrogen) atoms. The van der Waals surface area contributed by atoms with E-state index in [2.05, 4.69) is 30.3 Å². The predicted octanol–water partition coefficient (Wildman–Crippen LogP) is 1.29. The first-order chi connectivity index (χ1) is 4.67. The monoisotopic (exact) mass is 138 g/mol. The smallest absolute Gasteiger partial charge is 0.0858 e. The first-order valence-corrected chi connectivity index (χ1v) is 3.57. The van der Waals surface area contributed by atoms with Crippen LogP contribution < -0.4 is 0 Å². The van der Waals surface area contributed by atoms with Gasteiger partial charge in [0, 0.05) is 6.54 Å². The molecule has 0 spiro atoms. The van der Waals surface area contributed by atoms with Crippen molar-refractivity contribution in [2.75, 3.05) is 13.1 Å². The Morgan fingerprint density at radius 2 is 2.40 bits per heavy atom. The zero-order valence-electron chi connectivity index (χ0n) is 6.67. The molecule has 1 heterocycles. The Morgan fingerprint density at radius 1 is 1.70 bits per heavy atom. The average Bonchev–Trinajstić information content (AvgIpc) is 2.38. The van der Waals surface area contributed by atoms with Gasteiger partial charge in [0.05, 0.1) is 18.4 Å². The predicted molar refractivity (Wildman–Crippen MR) is 44.3 cm³/mol. The molecule has 0 aromatic heterocycles. The molecule has 0 bridgehead atoms. The highest BCUT2D eigenvalue weighted by molar-refractivity contribution is 5.59. The molecule has 0 aliphatic carbocycles. The fourth-order valence-corrected chi connectivity index (χ4v) is 0.934. The van der Waals surface area contributed by atoms with Crippen LogP contribution in [0.15, 0.2) is 17.6 Å². The van der Waals surface area contributed by atoms with Gasteiger partial charge in [-0.15, -0.1) is 6.58 Å². The van der Waals surface area contributed by atoms with Crippen molar-refractivity contribution < 1.29 is 0 Å². The molecular formula is C8H14N2. The largest absolute Gasteiger partial charge is 0.353 e. The summed E-state index contributed by atoms with van der Waals surface area (Å²) < 4.78 is 0.